The highest BCUT2D eigenvalue weighted by molar-refractivity contribution is 8.00. The molecule has 1 aromatic heterocycles. The molecule has 0 aliphatic carbocycles. The van der Waals surface area contributed by atoms with Crippen LogP contribution in [0, 0.1) is 5.82 Å². The maximum absolute atomic E-state index is 13.7. The Morgan fingerprint density at radius 3 is 2.73 bits per heavy atom. The van der Waals surface area contributed by atoms with Gasteiger partial charge < -0.3 is 9.80 Å². The van der Waals surface area contributed by atoms with Gasteiger partial charge in [0.1, 0.15) is 11.6 Å². The molecule has 0 saturated carbocycles. The van der Waals surface area contributed by atoms with Crippen LogP contribution in [-0.4, -0.2) is 65.7 Å². The summed E-state index contributed by atoms with van der Waals surface area (Å²) < 4.78 is 14.4. The number of piperazine rings is 1. The van der Waals surface area contributed by atoms with E-state index in [-0.39, 0.29) is 5.02 Å². The average molecular weight is 487 g/mol. The van der Waals surface area contributed by atoms with Gasteiger partial charge in [-0.3, -0.25) is 4.99 Å². The van der Waals surface area contributed by atoms with E-state index in [2.05, 4.69) is 38.8 Å². The van der Waals surface area contributed by atoms with Gasteiger partial charge in [-0.05, 0) is 32.8 Å². The van der Waals surface area contributed by atoms with E-state index in [1.165, 1.54) is 35.2 Å². The van der Waals surface area contributed by atoms with Gasteiger partial charge in [0, 0.05) is 42.5 Å². The summed E-state index contributed by atoms with van der Waals surface area (Å²) in [7, 11) is 2.10. The van der Waals surface area contributed by atoms with Gasteiger partial charge >= 0.3 is 0 Å². The van der Waals surface area contributed by atoms with Gasteiger partial charge in [0.25, 0.3) is 0 Å². The molecule has 2 heterocycles. The van der Waals surface area contributed by atoms with E-state index < -0.39 is 5.82 Å². The maximum Gasteiger partial charge on any atom is 0.174 e. The molecule has 6 nitrogen and oxygen atoms in total. The Hall–Kier alpha value is -1.52. The van der Waals surface area contributed by atoms with E-state index in [4.69, 9.17) is 28.2 Å². The number of rotatable bonds is 7. The zero-order valence-electron chi connectivity index (χ0n) is 16.6. The zero-order valence-corrected chi connectivity index (χ0v) is 19.8. The number of benzene rings is 1. The summed E-state index contributed by atoms with van der Waals surface area (Å²) in [6, 6.07) is 2.76. The summed E-state index contributed by atoms with van der Waals surface area (Å²) in [6.45, 7) is 9.13. The van der Waals surface area contributed by atoms with Gasteiger partial charge in [-0.2, -0.15) is 0 Å². The Morgan fingerprint density at radius 1 is 1.30 bits per heavy atom. The van der Waals surface area contributed by atoms with E-state index in [0.29, 0.717) is 21.3 Å². The van der Waals surface area contributed by atoms with Gasteiger partial charge in [-0.1, -0.05) is 46.3 Å². The number of hydrogen-bond acceptors (Lipinski definition) is 8. The van der Waals surface area contributed by atoms with Crippen LogP contribution in [-0.2, 0) is 5.75 Å². The number of aliphatic imine (C=N–C) groups is 2. The molecule has 0 N–H and O–H groups in total. The van der Waals surface area contributed by atoms with Crippen LogP contribution in [0.25, 0.3) is 0 Å². The number of aromatic nitrogens is 2. The summed E-state index contributed by atoms with van der Waals surface area (Å²) in [5.41, 5.74) is 1.29. The summed E-state index contributed by atoms with van der Waals surface area (Å²) in [5.74, 6) is 0.669. The van der Waals surface area contributed by atoms with E-state index in [9.17, 15) is 4.39 Å². The molecule has 0 unspecified atom stereocenters. The standard InChI is InChI=1S/C19H21Cl2FN6S2/c1-12(24-16(10-23-2)28-8-6-27(3)7-9-28)18-25-26-19(30-18)29-11-13-14(20)4-5-15(22)17(13)21/h4-5,10H,2,6-9,11H2,1,3H3/b16-10+,24-12?. The van der Waals surface area contributed by atoms with Gasteiger partial charge in [0.05, 0.1) is 16.9 Å². The van der Waals surface area contributed by atoms with Crippen molar-refractivity contribution in [3.8, 4) is 0 Å². The predicted molar refractivity (Wildman–Crippen MR) is 125 cm³/mol. The second kappa shape index (κ2) is 10.7. The summed E-state index contributed by atoms with van der Waals surface area (Å²) in [5, 5.41) is 9.61. The van der Waals surface area contributed by atoms with Crippen LogP contribution in [0.4, 0.5) is 4.39 Å². The number of halogens is 3. The van der Waals surface area contributed by atoms with Crippen molar-refractivity contribution >= 4 is 58.7 Å². The second-order valence-corrected chi connectivity index (χ2v) is 9.63. The lowest BCUT2D eigenvalue weighted by atomic mass is 10.2. The van der Waals surface area contributed by atoms with Gasteiger partial charge in [0.2, 0.25) is 0 Å². The average Bonchev–Trinajstić information content (AvgIpc) is 3.20. The normalized spacial score (nSPS) is 16.2. The second-order valence-electron chi connectivity index (χ2n) is 6.64. The molecule has 160 valence electrons. The van der Waals surface area contributed by atoms with Gasteiger partial charge in [0.15, 0.2) is 9.35 Å². The molecule has 0 atom stereocenters. The van der Waals surface area contributed by atoms with Crippen LogP contribution >= 0.6 is 46.3 Å². The minimum atomic E-state index is -0.489. The molecule has 1 fully saturated rings. The van der Waals surface area contributed by atoms with Crippen molar-refractivity contribution in [2.75, 3.05) is 33.2 Å². The van der Waals surface area contributed by atoms with Crippen molar-refractivity contribution in [1.29, 1.82) is 0 Å². The third kappa shape index (κ3) is 5.79. The van der Waals surface area contributed by atoms with Crippen molar-refractivity contribution in [3.05, 3.63) is 50.6 Å². The Balaban J connectivity index is 1.70. The third-order valence-corrected chi connectivity index (χ3v) is 7.47. The van der Waals surface area contributed by atoms with E-state index in [1.807, 2.05) is 6.92 Å². The number of hydrogen-bond donors (Lipinski definition) is 0. The third-order valence-electron chi connectivity index (χ3n) is 4.51. The van der Waals surface area contributed by atoms with E-state index >= 15 is 0 Å². The largest absolute Gasteiger partial charge is 0.353 e. The molecule has 1 aromatic carbocycles. The van der Waals surface area contributed by atoms with Crippen molar-refractivity contribution in [3.63, 3.8) is 0 Å². The molecule has 3 rings (SSSR count). The Kier molecular flexibility index (Phi) is 8.24. The van der Waals surface area contributed by atoms with E-state index in [1.54, 1.807) is 6.20 Å². The zero-order chi connectivity index (χ0) is 21.7. The fourth-order valence-electron chi connectivity index (χ4n) is 2.77. The molecule has 0 spiro atoms. The van der Waals surface area contributed by atoms with Crippen LogP contribution < -0.4 is 0 Å². The van der Waals surface area contributed by atoms with Crippen molar-refractivity contribution in [1.82, 2.24) is 20.0 Å². The molecule has 2 aromatic rings. The maximum atomic E-state index is 13.7. The molecule has 1 aliphatic rings. The molecule has 0 amide bonds. The Morgan fingerprint density at radius 2 is 2.03 bits per heavy atom. The van der Waals surface area contributed by atoms with Crippen LogP contribution in [0.1, 0.15) is 17.5 Å². The fourth-order valence-corrected chi connectivity index (χ4v) is 5.27. The summed E-state index contributed by atoms with van der Waals surface area (Å²) in [4.78, 5) is 13.1. The molecular formula is C19H21Cl2FN6S2. The lowest BCUT2D eigenvalue weighted by molar-refractivity contribution is 0.185. The van der Waals surface area contributed by atoms with Crippen molar-refractivity contribution in [2.24, 2.45) is 9.98 Å². The van der Waals surface area contributed by atoms with Crippen LogP contribution in [0.15, 0.2) is 38.5 Å². The van der Waals surface area contributed by atoms with Crippen molar-refractivity contribution in [2.45, 2.75) is 17.0 Å². The lowest BCUT2D eigenvalue weighted by Gasteiger charge is -2.33. The number of thioether (sulfide) groups is 1. The minimum Gasteiger partial charge on any atom is -0.353 e. The van der Waals surface area contributed by atoms with Gasteiger partial charge in [-0.25, -0.2) is 9.38 Å². The number of likely N-dealkylation sites (N-methyl/N-ethyl adjacent to an activating group) is 1. The monoisotopic (exact) mass is 486 g/mol. The first-order valence-corrected chi connectivity index (χ1v) is 11.7. The lowest BCUT2D eigenvalue weighted by Crippen LogP contribution is -2.43. The highest BCUT2D eigenvalue weighted by Gasteiger charge is 2.18. The smallest absolute Gasteiger partial charge is 0.174 e. The molecule has 0 radical (unpaired) electrons. The Bertz CT molecular complexity index is 970. The van der Waals surface area contributed by atoms with Crippen molar-refractivity contribution < 1.29 is 4.39 Å². The van der Waals surface area contributed by atoms with Crippen LogP contribution in [0.3, 0.4) is 0 Å². The minimum absolute atomic E-state index is 0.0383. The SMILES string of the molecule is C=N/C=C(\N=C(C)c1nnc(SCc2c(Cl)ccc(F)c2Cl)s1)N1CCN(C)CC1. The van der Waals surface area contributed by atoms with Crippen LogP contribution in [0.2, 0.25) is 10.0 Å². The van der Waals surface area contributed by atoms with Gasteiger partial charge in [-0.15, -0.1) is 10.2 Å². The Labute approximate surface area is 193 Å². The molecular weight excluding hydrogens is 466 g/mol. The summed E-state index contributed by atoms with van der Waals surface area (Å²) >= 11 is 15.0. The molecule has 30 heavy (non-hydrogen) atoms. The predicted octanol–water partition coefficient (Wildman–Crippen LogP) is 4.83. The molecule has 11 heteroatoms. The first kappa shape index (κ1) is 23.1. The molecule has 0 bridgehead atoms. The first-order chi connectivity index (χ1) is 14.4. The first-order valence-electron chi connectivity index (χ1n) is 9.13. The molecule has 1 saturated heterocycles. The fraction of sp³-hybridized carbons (Fsp3) is 0.368. The highest BCUT2D eigenvalue weighted by atomic mass is 35.5. The quantitative estimate of drug-likeness (QED) is 0.318. The summed E-state index contributed by atoms with van der Waals surface area (Å²) in [6.07, 6.45) is 1.67. The number of nitrogens with zero attached hydrogens (tertiary/aromatic N) is 6. The van der Waals surface area contributed by atoms with Crippen LogP contribution in [0.5, 0.6) is 0 Å². The topological polar surface area (TPSA) is 57.0 Å². The van der Waals surface area contributed by atoms with E-state index in [0.717, 1.165) is 42.1 Å². The molecule has 1 aliphatic heterocycles. The highest BCUT2D eigenvalue weighted by Crippen LogP contribution is 2.34.